The highest BCUT2D eigenvalue weighted by Gasteiger charge is 2.15. The van der Waals surface area contributed by atoms with Crippen LogP contribution in [0.15, 0.2) is 48.5 Å². The maximum Gasteiger partial charge on any atom is 0.269 e. The van der Waals surface area contributed by atoms with E-state index in [9.17, 15) is 9.59 Å². The van der Waals surface area contributed by atoms with E-state index in [0.29, 0.717) is 11.1 Å². The summed E-state index contributed by atoms with van der Waals surface area (Å²) in [4.78, 5) is 24.3. The van der Waals surface area contributed by atoms with Gasteiger partial charge in [0.05, 0.1) is 5.56 Å². The summed E-state index contributed by atoms with van der Waals surface area (Å²) < 4.78 is 0.813. The number of carbonyl (C=O) groups is 2. The molecule has 0 aliphatic rings. The molecule has 2 amide bonds. The average molecular weight is 481 g/mol. The molecule has 0 heterocycles. The van der Waals surface area contributed by atoms with Gasteiger partial charge in [-0.3, -0.25) is 25.8 Å². The van der Waals surface area contributed by atoms with Gasteiger partial charge in [0.1, 0.15) is 0 Å². The standard InChI is InChI=1S/C19H20IN3O2S/c1-19(2,3)13-10-8-12(9-11-13)16(24)22-23-18(26)21-17(25)14-6-4-5-7-15(14)20/h4-11H,1-3H3,(H,22,24)(H2,21,23,25,26). The molecule has 0 radical (unpaired) electrons. The Morgan fingerprint density at radius 1 is 0.923 bits per heavy atom. The molecule has 2 aromatic rings. The number of amides is 2. The summed E-state index contributed by atoms with van der Waals surface area (Å²) >= 11 is 7.13. The van der Waals surface area contributed by atoms with Crippen LogP contribution < -0.4 is 16.2 Å². The van der Waals surface area contributed by atoms with Crippen molar-refractivity contribution < 1.29 is 9.59 Å². The van der Waals surface area contributed by atoms with Gasteiger partial charge in [0.25, 0.3) is 11.8 Å². The van der Waals surface area contributed by atoms with Gasteiger partial charge >= 0.3 is 0 Å². The van der Waals surface area contributed by atoms with Gasteiger partial charge in [-0.15, -0.1) is 0 Å². The number of thiocarbonyl (C=S) groups is 1. The van der Waals surface area contributed by atoms with Crippen molar-refractivity contribution in [3.05, 3.63) is 68.8 Å². The topological polar surface area (TPSA) is 70.2 Å². The Morgan fingerprint density at radius 3 is 2.12 bits per heavy atom. The number of nitrogens with one attached hydrogen (secondary N) is 3. The van der Waals surface area contributed by atoms with Crippen LogP contribution in [0.4, 0.5) is 0 Å². The largest absolute Gasteiger partial charge is 0.298 e. The molecule has 0 spiro atoms. The monoisotopic (exact) mass is 481 g/mol. The van der Waals surface area contributed by atoms with Gasteiger partial charge in [0.2, 0.25) is 0 Å². The molecule has 0 fully saturated rings. The third kappa shape index (κ3) is 5.50. The molecule has 26 heavy (non-hydrogen) atoms. The van der Waals surface area contributed by atoms with Crippen LogP contribution >= 0.6 is 34.8 Å². The van der Waals surface area contributed by atoms with Crippen LogP contribution in [0.5, 0.6) is 0 Å². The molecular weight excluding hydrogens is 461 g/mol. The fourth-order valence-corrected chi connectivity index (χ4v) is 2.93. The van der Waals surface area contributed by atoms with E-state index in [1.54, 1.807) is 24.3 Å². The lowest BCUT2D eigenvalue weighted by Crippen LogP contribution is -2.48. The Labute approximate surface area is 172 Å². The van der Waals surface area contributed by atoms with E-state index >= 15 is 0 Å². The van der Waals surface area contributed by atoms with E-state index in [0.717, 1.165) is 9.13 Å². The fraction of sp³-hybridized carbons (Fsp3) is 0.211. The molecule has 136 valence electrons. The van der Waals surface area contributed by atoms with Gasteiger partial charge in [-0.25, -0.2) is 0 Å². The Morgan fingerprint density at radius 2 is 1.54 bits per heavy atom. The average Bonchev–Trinajstić information content (AvgIpc) is 2.59. The molecule has 2 rings (SSSR count). The minimum atomic E-state index is -0.337. The smallest absolute Gasteiger partial charge is 0.269 e. The summed E-state index contributed by atoms with van der Waals surface area (Å²) in [6.45, 7) is 6.33. The van der Waals surface area contributed by atoms with Crippen LogP contribution in [-0.2, 0) is 5.41 Å². The van der Waals surface area contributed by atoms with Gasteiger partial charge in [-0.05, 0) is 70.1 Å². The first-order valence-corrected chi connectivity index (χ1v) is 9.44. The highest BCUT2D eigenvalue weighted by atomic mass is 127. The first kappa shape index (κ1) is 20.3. The van der Waals surface area contributed by atoms with Crippen LogP contribution in [-0.4, -0.2) is 16.9 Å². The molecule has 0 unspecified atom stereocenters. The van der Waals surface area contributed by atoms with Crippen LogP contribution in [0, 0.1) is 3.57 Å². The van der Waals surface area contributed by atoms with E-state index in [1.165, 1.54) is 0 Å². The predicted molar refractivity (Wildman–Crippen MR) is 115 cm³/mol. The number of hydrogen-bond donors (Lipinski definition) is 3. The number of hydrazine groups is 1. The molecule has 3 N–H and O–H groups in total. The Hall–Kier alpha value is -2.00. The summed E-state index contributed by atoms with van der Waals surface area (Å²) in [5.74, 6) is -0.673. The number of halogens is 1. The molecule has 7 heteroatoms. The minimum Gasteiger partial charge on any atom is -0.298 e. The van der Waals surface area contributed by atoms with Gasteiger partial charge in [-0.1, -0.05) is 45.0 Å². The number of carbonyl (C=O) groups excluding carboxylic acids is 2. The van der Waals surface area contributed by atoms with Crippen molar-refractivity contribution in [3.63, 3.8) is 0 Å². The van der Waals surface area contributed by atoms with Crippen LogP contribution in [0.2, 0.25) is 0 Å². The summed E-state index contributed by atoms with van der Waals surface area (Å²) in [5, 5.41) is 2.56. The van der Waals surface area contributed by atoms with Gasteiger partial charge in [0.15, 0.2) is 5.11 Å². The maximum atomic E-state index is 12.2. The molecule has 0 aliphatic carbocycles. The molecule has 0 bridgehead atoms. The Bertz CT molecular complexity index is 829. The molecule has 0 atom stereocenters. The number of hydrogen-bond acceptors (Lipinski definition) is 3. The predicted octanol–water partition coefficient (Wildman–Crippen LogP) is 3.54. The van der Waals surface area contributed by atoms with Crippen molar-refractivity contribution >= 4 is 51.7 Å². The zero-order chi connectivity index (χ0) is 19.3. The lowest BCUT2D eigenvalue weighted by atomic mass is 9.87. The summed E-state index contributed by atoms with van der Waals surface area (Å²) in [6, 6.07) is 14.5. The lowest BCUT2D eigenvalue weighted by molar-refractivity contribution is 0.0934. The lowest BCUT2D eigenvalue weighted by Gasteiger charge is -2.19. The molecule has 0 aliphatic heterocycles. The first-order chi connectivity index (χ1) is 12.2. The van der Waals surface area contributed by atoms with Crippen molar-refractivity contribution in [1.82, 2.24) is 16.2 Å². The summed E-state index contributed by atoms with van der Waals surface area (Å²) in [5.41, 5.74) is 7.20. The van der Waals surface area contributed by atoms with Crippen LogP contribution in [0.1, 0.15) is 47.1 Å². The Kier molecular flexibility index (Phi) is 6.71. The van der Waals surface area contributed by atoms with Gasteiger partial charge in [-0.2, -0.15) is 0 Å². The third-order valence-corrected chi connectivity index (χ3v) is 4.79. The van der Waals surface area contributed by atoms with Crippen molar-refractivity contribution in [2.75, 3.05) is 0 Å². The first-order valence-electron chi connectivity index (χ1n) is 7.95. The quantitative estimate of drug-likeness (QED) is 0.349. The second kappa shape index (κ2) is 8.59. The van der Waals surface area contributed by atoms with E-state index in [2.05, 4.69) is 59.5 Å². The molecule has 0 saturated carbocycles. The van der Waals surface area contributed by atoms with Crippen molar-refractivity contribution in [1.29, 1.82) is 0 Å². The number of benzene rings is 2. The van der Waals surface area contributed by atoms with E-state index in [1.807, 2.05) is 24.3 Å². The SMILES string of the molecule is CC(C)(C)c1ccc(C(=O)NNC(=S)NC(=O)c2ccccc2I)cc1. The fourth-order valence-electron chi connectivity index (χ4n) is 2.15. The van der Waals surface area contributed by atoms with Crippen LogP contribution in [0.3, 0.4) is 0 Å². The second-order valence-electron chi connectivity index (χ2n) is 6.67. The molecular formula is C19H20IN3O2S. The molecule has 5 nitrogen and oxygen atoms in total. The number of rotatable bonds is 2. The van der Waals surface area contributed by atoms with Gasteiger partial charge in [0, 0.05) is 9.13 Å². The zero-order valence-corrected chi connectivity index (χ0v) is 17.7. The normalized spacial score (nSPS) is 10.8. The summed E-state index contributed by atoms with van der Waals surface area (Å²) in [6.07, 6.45) is 0. The van der Waals surface area contributed by atoms with Crippen molar-refractivity contribution in [2.24, 2.45) is 0 Å². The molecule has 0 saturated heterocycles. The van der Waals surface area contributed by atoms with Gasteiger partial charge < -0.3 is 0 Å². The van der Waals surface area contributed by atoms with Crippen molar-refractivity contribution in [2.45, 2.75) is 26.2 Å². The third-order valence-electron chi connectivity index (χ3n) is 3.65. The highest BCUT2D eigenvalue weighted by molar-refractivity contribution is 14.1. The van der Waals surface area contributed by atoms with Crippen molar-refractivity contribution in [3.8, 4) is 0 Å². The van der Waals surface area contributed by atoms with Crippen LogP contribution in [0.25, 0.3) is 0 Å². The second-order valence-corrected chi connectivity index (χ2v) is 8.24. The summed E-state index contributed by atoms with van der Waals surface area (Å²) in [7, 11) is 0. The molecule has 0 aromatic heterocycles. The maximum absolute atomic E-state index is 12.2. The zero-order valence-electron chi connectivity index (χ0n) is 14.7. The highest BCUT2D eigenvalue weighted by Crippen LogP contribution is 2.22. The van der Waals surface area contributed by atoms with E-state index in [-0.39, 0.29) is 22.3 Å². The van der Waals surface area contributed by atoms with E-state index in [4.69, 9.17) is 12.2 Å². The Balaban J connectivity index is 1.90. The van der Waals surface area contributed by atoms with E-state index < -0.39 is 0 Å². The minimum absolute atomic E-state index is 0.0219. The molecule has 2 aromatic carbocycles.